The van der Waals surface area contributed by atoms with Crippen molar-refractivity contribution in [3.63, 3.8) is 0 Å². The minimum Gasteiger partial charge on any atom is -0.374 e. The standard InChI is InChI=1S/C15H17Cl2F3N2O2/c1-21(14(23)15(18,19)20)8-11-9-22(4-5-24-11)7-10-2-3-12(16)13(17)6-10/h2-3,6,11H,4-5,7-9H2,1H3. The number of benzene rings is 1. The monoisotopic (exact) mass is 384 g/mol. The van der Waals surface area contributed by atoms with Crippen LogP contribution >= 0.6 is 23.2 Å². The molecule has 0 aliphatic carbocycles. The van der Waals surface area contributed by atoms with E-state index in [2.05, 4.69) is 0 Å². The van der Waals surface area contributed by atoms with Crippen molar-refractivity contribution in [3.8, 4) is 0 Å². The second kappa shape index (κ2) is 7.91. The molecule has 1 atom stereocenters. The molecule has 0 bridgehead atoms. The molecule has 24 heavy (non-hydrogen) atoms. The Morgan fingerprint density at radius 1 is 1.38 bits per heavy atom. The van der Waals surface area contributed by atoms with Crippen LogP contribution < -0.4 is 0 Å². The summed E-state index contributed by atoms with van der Waals surface area (Å²) in [6.07, 6.45) is -5.35. The molecule has 1 heterocycles. The summed E-state index contributed by atoms with van der Waals surface area (Å²) in [5, 5.41) is 0.919. The number of hydrogen-bond donors (Lipinski definition) is 0. The Morgan fingerprint density at radius 3 is 2.71 bits per heavy atom. The third kappa shape index (κ3) is 5.24. The molecule has 1 amide bonds. The zero-order valence-electron chi connectivity index (χ0n) is 12.9. The van der Waals surface area contributed by atoms with Crippen LogP contribution in [-0.2, 0) is 16.1 Å². The first-order valence-electron chi connectivity index (χ1n) is 7.27. The van der Waals surface area contributed by atoms with Crippen molar-refractivity contribution >= 4 is 29.1 Å². The summed E-state index contributed by atoms with van der Waals surface area (Å²) < 4.78 is 42.7. The molecule has 1 aliphatic rings. The van der Waals surface area contributed by atoms with Crippen LogP contribution in [0.3, 0.4) is 0 Å². The van der Waals surface area contributed by atoms with E-state index < -0.39 is 18.2 Å². The third-order valence-electron chi connectivity index (χ3n) is 3.68. The number of ether oxygens (including phenoxy) is 1. The fourth-order valence-electron chi connectivity index (χ4n) is 2.54. The fourth-order valence-corrected chi connectivity index (χ4v) is 2.86. The zero-order chi connectivity index (χ0) is 17.9. The van der Waals surface area contributed by atoms with Crippen molar-refractivity contribution in [2.24, 2.45) is 0 Å². The SMILES string of the molecule is CN(CC1CN(Cc2ccc(Cl)c(Cl)c2)CCO1)C(=O)C(F)(F)F. The number of likely N-dealkylation sites (N-methyl/N-ethyl adjacent to an activating group) is 1. The van der Waals surface area contributed by atoms with Gasteiger partial charge in [-0.1, -0.05) is 29.3 Å². The zero-order valence-corrected chi connectivity index (χ0v) is 14.5. The molecule has 1 aromatic rings. The van der Waals surface area contributed by atoms with E-state index in [1.807, 2.05) is 11.0 Å². The highest BCUT2D eigenvalue weighted by molar-refractivity contribution is 6.42. The summed E-state index contributed by atoms with van der Waals surface area (Å²) in [6.45, 7) is 1.92. The highest BCUT2D eigenvalue weighted by Gasteiger charge is 2.42. The predicted molar refractivity (Wildman–Crippen MR) is 85.2 cm³/mol. The molecule has 1 unspecified atom stereocenters. The van der Waals surface area contributed by atoms with Gasteiger partial charge in [0.2, 0.25) is 0 Å². The van der Waals surface area contributed by atoms with Gasteiger partial charge in [0.15, 0.2) is 0 Å². The van der Waals surface area contributed by atoms with E-state index in [1.165, 1.54) is 0 Å². The number of halogens is 5. The van der Waals surface area contributed by atoms with Gasteiger partial charge in [-0.25, -0.2) is 0 Å². The van der Waals surface area contributed by atoms with Crippen LogP contribution in [-0.4, -0.2) is 61.3 Å². The molecule has 0 N–H and O–H groups in total. The van der Waals surface area contributed by atoms with Gasteiger partial charge in [-0.05, 0) is 17.7 Å². The maximum absolute atomic E-state index is 12.4. The van der Waals surface area contributed by atoms with Gasteiger partial charge in [-0.15, -0.1) is 0 Å². The van der Waals surface area contributed by atoms with Gasteiger partial charge in [0.05, 0.1) is 22.8 Å². The predicted octanol–water partition coefficient (Wildman–Crippen LogP) is 3.21. The lowest BCUT2D eigenvalue weighted by Crippen LogP contribution is -2.49. The Hall–Kier alpha value is -1.02. The lowest BCUT2D eigenvalue weighted by molar-refractivity contribution is -0.186. The van der Waals surface area contributed by atoms with Gasteiger partial charge in [0, 0.05) is 33.2 Å². The third-order valence-corrected chi connectivity index (χ3v) is 4.42. The maximum atomic E-state index is 12.4. The van der Waals surface area contributed by atoms with Gasteiger partial charge < -0.3 is 9.64 Å². The van der Waals surface area contributed by atoms with Crippen LogP contribution in [0, 0.1) is 0 Å². The average molecular weight is 385 g/mol. The number of carbonyl (C=O) groups is 1. The van der Waals surface area contributed by atoms with Crippen LogP contribution in [0.1, 0.15) is 5.56 Å². The van der Waals surface area contributed by atoms with Gasteiger partial charge >= 0.3 is 12.1 Å². The molecule has 1 saturated heterocycles. The molecule has 4 nitrogen and oxygen atoms in total. The van der Waals surface area contributed by atoms with Crippen LogP contribution in [0.4, 0.5) is 13.2 Å². The van der Waals surface area contributed by atoms with E-state index in [0.717, 1.165) is 12.6 Å². The number of amides is 1. The molecular formula is C15H17Cl2F3N2O2. The molecule has 0 saturated carbocycles. The first kappa shape index (κ1) is 19.3. The first-order valence-corrected chi connectivity index (χ1v) is 8.02. The summed E-state index contributed by atoms with van der Waals surface area (Å²) in [4.78, 5) is 13.9. The molecular weight excluding hydrogens is 368 g/mol. The smallest absolute Gasteiger partial charge is 0.374 e. The van der Waals surface area contributed by atoms with Crippen molar-refractivity contribution in [2.75, 3.05) is 33.3 Å². The van der Waals surface area contributed by atoms with Crippen LogP contribution in [0.5, 0.6) is 0 Å². The Kier molecular flexibility index (Phi) is 6.36. The van der Waals surface area contributed by atoms with E-state index in [0.29, 0.717) is 41.2 Å². The summed E-state index contributed by atoms with van der Waals surface area (Å²) in [5.74, 6) is -1.87. The highest BCUT2D eigenvalue weighted by atomic mass is 35.5. The molecule has 1 aromatic carbocycles. The maximum Gasteiger partial charge on any atom is 0.471 e. The Balaban J connectivity index is 1.91. The number of morpholine rings is 1. The number of carbonyl (C=O) groups excluding carboxylic acids is 1. The van der Waals surface area contributed by atoms with Gasteiger partial charge in [0.1, 0.15) is 0 Å². The Morgan fingerprint density at radius 2 is 2.08 bits per heavy atom. The average Bonchev–Trinajstić information content (AvgIpc) is 2.49. The van der Waals surface area contributed by atoms with Gasteiger partial charge in [-0.3, -0.25) is 9.69 Å². The van der Waals surface area contributed by atoms with E-state index in [9.17, 15) is 18.0 Å². The number of alkyl halides is 3. The lowest BCUT2D eigenvalue weighted by Gasteiger charge is -2.35. The molecule has 0 radical (unpaired) electrons. The lowest BCUT2D eigenvalue weighted by atomic mass is 10.2. The quantitative estimate of drug-likeness (QED) is 0.798. The second-order valence-electron chi connectivity index (χ2n) is 5.66. The first-order chi connectivity index (χ1) is 11.2. The molecule has 134 valence electrons. The van der Waals surface area contributed by atoms with Crippen LogP contribution in [0.2, 0.25) is 10.0 Å². The Bertz CT molecular complexity index is 599. The largest absolute Gasteiger partial charge is 0.471 e. The van der Waals surface area contributed by atoms with Crippen molar-refractivity contribution < 1.29 is 22.7 Å². The minimum absolute atomic E-state index is 0.115. The van der Waals surface area contributed by atoms with Crippen molar-refractivity contribution in [2.45, 2.75) is 18.8 Å². The minimum atomic E-state index is -4.87. The van der Waals surface area contributed by atoms with Gasteiger partial charge in [-0.2, -0.15) is 13.2 Å². The number of hydrogen-bond acceptors (Lipinski definition) is 3. The molecule has 9 heteroatoms. The fraction of sp³-hybridized carbons (Fsp3) is 0.533. The van der Waals surface area contributed by atoms with E-state index >= 15 is 0 Å². The number of rotatable bonds is 4. The number of nitrogens with zero attached hydrogens (tertiary/aromatic N) is 2. The van der Waals surface area contributed by atoms with E-state index in [-0.39, 0.29) is 6.54 Å². The van der Waals surface area contributed by atoms with E-state index in [4.69, 9.17) is 27.9 Å². The Labute approximate surface area is 148 Å². The van der Waals surface area contributed by atoms with Gasteiger partial charge in [0.25, 0.3) is 0 Å². The van der Waals surface area contributed by atoms with Crippen LogP contribution in [0.25, 0.3) is 0 Å². The summed E-state index contributed by atoms with van der Waals surface area (Å²) >= 11 is 11.9. The highest BCUT2D eigenvalue weighted by Crippen LogP contribution is 2.24. The summed E-state index contributed by atoms with van der Waals surface area (Å²) in [7, 11) is 1.12. The molecule has 0 aromatic heterocycles. The van der Waals surface area contributed by atoms with E-state index in [1.54, 1.807) is 12.1 Å². The topological polar surface area (TPSA) is 32.8 Å². The molecule has 1 aliphatic heterocycles. The molecule has 0 spiro atoms. The molecule has 1 fully saturated rings. The van der Waals surface area contributed by atoms with Crippen molar-refractivity contribution in [1.82, 2.24) is 9.80 Å². The summed E-state index contributed by atoms with van der Waals surface area (Å²) in [5.41, 5.74) is 0.949. The van der Waals surface area contributed by atoms with Crippen molar-refractivity contribution in [1.29, 1.82) is 0 Å². The molecule has 2 rings (SSSR count). The second-order valence-corrected chi connectivity index (χ2v) is 6.47. The normalized spacial score (nSPS) is 19.3. The van der Waals surface area contributed by atoms with Crippen LogP contribution in [0.15, 0.2) is 18.2 Å². The summed E-state index contributed by atoms with van der Waals surface area (Å²) in [6, 6.07) is 5.30. The van der Waals surface area contributed by atoms with Crippen molar-refractivity contribution in [3.05, 3.63) is 33.8 Å².